The molecule has 0 atom stereocenters. The smallest absolute Gasteiger partial charge is 0.224 e. The number of fused-ring (bicyclic) bond motifs is 2. The van der Waals surface area contributed by atoms with Gasteiger partial charge in [0.15, 0.2) is 5.82 Å². The van der Waals surface area contributed by atoms with Gasteiger partial charge in [-0.1, -0.05) is 6.92 Å². The number of nitrogens with one attached hydrogen (secondary N) is 3. The van der Waals surface area contributed by atoms with Crippen molar-refractivity contribution in [2.75, 3.05) is 5.32 Å². The summed E-state index contributed by atoms with van der Waals surface area (Å²) in [5.74, 6) is 0.569. The largest absolute Gasteiger partial charge is 0.335 e. The summed E-state index contributed by atoms with van der Waals surface area (Å²) in [6.07, 6.45) is 13.5. The number of aromatic amines is 2. The van der Waals surface area contributed by atoms with Gasteiger partial charge in [0.2, 0.25) is 5.91 Å². The second kappa shape index (κ2) is 8.69. The maximum Gasteiger partial charge on any atom is 0.224 e. The molecule has 0 fully saturated rings. The number of hydrogen-bond donors (Lipinski definition) is 3. The average Bonchev–Trinajstić information content (AvgIpc) is 3.61. The zero-order chi connectivity index (χ0) is 24.6. The van der Waals surface area contributed by atoms with E-state index in [9.17, 15) is 4.79 Å². The molecule has 1 amide bonds. The third-order valence-corrected chi connectivity index (χ3v) is 5.83. The van der Waals surface area contributed by atoms with Crippen LogP contribution in [0.3, 0.4) is 0 Å². The zero-order valence-corrected chi connectivity index (χ0v) is 19.6. The summed E-state index contributed by atoms with van der Waals surface area (Å²) in [5, 5.41) is 11.3. The molecule has 36 heavy (non-hydrogen) atoms. The van der Waals surface area contributed by atoms with Crippen molar-refractivity contribution in [2.45, 2.75) is 26.7 Å². The summed E-state index contributed by atoms with van der Waals surface area (Å²) in [6, 6.07) is 3.80. The molecule has 0 aliphatic heterocycles. The van der Waals surface area contributed by atoms with E-state index in [2.05, 4.69) is 40.4 Å². The molecule has 6 aromatic heterocycles. The molecule has 11 heteroatoms. The van der Waals surface area contributed by atoms with E-state index in [0.29, 0.717) is 29.3 Å². The van der Waals surface area contributed by atoms with Crippen LogP contribution in [0.15, 0.2) is 55.6 Å². The number of aromatic nitrogens is 9. The van der Waals surface area contributed by atoms with E-state index in [0.717, 1.165) is 45.3 Å². The fourth-order valence-corrected chi connectivity index (χ4v) is 4.13. The van der Waals surface area contributed by atoms with Crippen LogP contribution in [0, 0.1) is 6.92 Å². The Morgan fingerprint density at radius 2 is 1.94 bits per heavy atom. The van der Waals surface area contributed by atoms with Gasteiger partial charge in [-0.15, -0.1) is 0 Å². The molecule has 6 rings (SSSR count). The molecule has 6 heterocycles. The SMILES string of the molecule is CCCC(=O)Nc1cncc(-c2cc3c(-c4nc5c(-n6cnc(C)c6)cncc5[nH]4)n[nH]c3cn2)c1. The van der Waals surface area contributed by atoms with Crippen LogP contribution in [0.1, 0.15) is 25.5 Å². The van der Waals surface area contributed by atoms with Gasteiger partial charge >= 0.3 is 0 Å². The molecule has 0 saturated heterocycles. The summed E-state index contributed by atoms with van der Waals surface area (Å²) in [6.45, 7) is 3.90. The van der Waals surface area contributed by atoms with Crippen molar-refractivity contribution in [2.24, 2.45) is 0 Å². The number of pyridine rings is 3. The third-order valence-electron chi connectivity index (χ3n) is 5.83. The number of amides is 1. The van der Waals surface area contributed by atoms with E-state index in [1.54, 1.807) is 37.3 Å². The summed E-state index contributed by atoms with van der Waals surface area (Å²) in [4.78, 5) is 37.7. The molecule has 0 aromatic carbocycles. The zero-order valence-electron chi connectivity index (χ0n) is 19.6. The lowest BCUT2D eigenvalue weighted by Gasteiger charge is -2.06. The molecular formula is C25H22N10O. The van der Waals surface area contributed by atoms with E-state index in [-0.39, 0.29) is 5.91 Å². The lowest BCUT2D eigenvalue weighted by molar-refractivity contribution is -0.116. The van der Waals surface area contributed by atoms with Crippen molar-refractivity contribution in [3.05, 3.63) is 61.3 Å². The fraction of sp³-hybridized carbons (Fsp3) is 0.160. The minimum atomic E-state index is -0.0402. The molecular weight excluding hydrogens is 456 g/mol. The quantitative estimate of drug-likeness (QED) is 0.326. The van der Waals surface area contributed by atoms with E-state index in [1.165, 1.54) is 0 Å². The number of rotatable bonds is 6. The van der Waals surface area contributed by atoms with Gasteiger partial charge in [0.05, 0.1) is 64.9 Å². The molecule has 6 aromatic rings. The van der Waals surface area contributed by atoms with Crippen LogP contribution in [0.25, 0.3) is 50.4 Å². The highest BCUT2D eigenvalue weighted by molar-refractivity contribution is 5.96. The number of aryl methyl sites for hydroxylation is 1. The van der Waals surface area contributed by atoms with Crippen LogP contribution >= 0.6 is 0 Å². The van der Waals surface area contributed by atoms with Gasteiger partial charge in [-0.2, -0.15) is 5.10 Å². The van der Waals surface area contributed by atoms with Gasteiger partial charge < -0.3 is 14.9 Å². The lowest BCUT2D eigenvalue weighted by atomic mass is 10.1. The molecule has 3 N–H and O–H groups in total. The molecule has 0 radical (unpaired) electrons. The Bertz CT molecular complexity index is 1730. The molecule has 0 spiro atoms. The van der Waals surface area contributed by atoms with Gasteiger partial charge in [-0.05, 0) is 25.5 Å². The number of imidazole rings is 2. The second-order valence-corrected chi connectivity index (χ2v) is 8.51. The van der Waals surface area contributed by atoms with Crippen LogP contribution in [0.2, 0.25) is 0 Å². The minimum Gasteiger partial charge on any atom is -0.335 e. The Morgan fingerprint density at radius 1 is 1.06 bits per heavy atom. The summed E-state index contributed by atoms with van der Waals surface area (Å²) < 4.78 is 1.90. The van der Waals surface area contributed by atoms with Crippen molar-refractivity contribution in [3.63, 3.8) is 0 Å². The molecule has 0 saturated carbocycles. The van der Waals surface area contributed by atoms with Gasteiger partial charge in [-0.3, -0.25) is 24.8 Å². The van der Waals surface area contributed by atoms with Crippen molar-refractivity contribution < 1.29 is 4.79 Å². The van der Waals surface area contributed by atoms with Crippen molar-refractivity contribution in [1.82, 2.24) is 44.7 Å². The number of carbonyl (C=O) groups is 1. The highest BCUT2D eigenvalue weighted by Gasteiger charge is 2.17. The Labute approximate surface area is 205 Å². The van der Waals surface area contributed by atoms with Crippen LogP contribution in [-0.4, -0.2) is 50.6 Å². The highest BCUT2D eigenvalue weighted by Crippen LogP contribution is 2.30. The summed E-state index contributed by atoms with van der Waals surface area (Å²) >= 11 is 0. The monoisotopic (exact) mass is 478 g/mol. The molecule has 178 valence electrons. The predicted octanol–water partition coefficient (Wildman–Crippen LogP) is 4.19. The maximum absolute atomic E-state index is 12.0. The molecule has 0 aliphatic rings. The normalized spacial score (nSPS) is 11.4. The summed E-state index contributed by atoms with van der Waals surface area (Å²) in [5.41, 5.74) is 6.85. The van der Waals surface area contributed by atoms with Crippen LogP contribution < -0.4 is 5.32 Å². The second-order valence-electron chi connectivity index (χ2n) is 8.51. The first-order valence-electron chi connectivity index (χ1n) is 11.5. The number of hydrogen-bond acceptors (Lipinski definition) is 7. The molecule has 0 bridgehead atoms. The maximum atomic E-state index is 12.0. The number of anilines is 1. The molecule has 0 unspecified atom stereocenters. The number of carbonyl (C=O) groups excluding carboxylic acids is 1. The topological polar surface area (TPSA) is 143 Å². The van der Waals surface area contributed by atoms with Crippen LogP contribution in [-0.2, 0) is 4.79 Å². The third kappa shape index (κ3) is 3.86. The Kier molecular flexibility index (Phi) is 5.21. The van der Waals surface area contributed by atoms with E-state index >= 15 is 0 Å². The van der Waals surface area contributed by atoms with Crippen molar-refractivity contribution in [1.29, 1.82) is 0 Å². The van der Waals surface area contributed by atoms with Gasteiger partial charge in [0.25, 0.3) is 0 Å². The number of H-pyrrole nitrogens is 2. The first-order chi connectivity index (χ1) is 17.6. The fourth-order valence-electron chi connectivity index (χ4n) is 4.13. The Balaban J connectivity index is 1.40. The van der Waals surface area contributed by atoms with Gasteiger partial charge in [-0.25, -0.2) is 9.97 Å². The Morgan fingerprint density at radius 3 is 2.78 bits per heavy atom. The first-order valence-corrected chi connectivity index (χ1v) is 11.5. The average molecular weight is 479 g/mol. The standard InChI is InChI=1S/C25H22N10O/c1-3-4-22(36)30-16-5-15(7-26-8-16)18-6-17-19(10-28-18)33-34-23(17)25-31-20-9-27-11-21(24(20)32-25)35-12-14(2)29-13-35/h5-13H,3-4H2,1-2H3,(H,30,36)(H,31,32)(H,33,34). The van der Waals surface area contributed by atoms with Gasteiger partial charge in [0, 0.05) is 29.8 Å². The highest BCUT2D eigenvalue weighted by atomic mass is 16.1. The first kappa shape index (κ1) is 21.6. The van der Waals surface area contributed by atoms with E-state index in [1.807, 2.05) is 36.7 Å². The lowest BCUT2D eigenvalue weighted by Crippen LogP contribution is -2.10. The van der Waals surface area contributed by atoms with Gasteiger partial charge in [0.1, 0.15) is 11.2 Å². The van der Waals surface area contributed by atoms with E-state index < -0.39 is 0 Å². The Hall–Kier alpha value is -4.93. The van der Waals surface area contributed by atoms with Crippen molar-refractivity contribution >= 4 is 33.5 Å². The van der Waals surface area contributed by atoms with Crippen LogP contribution in [0.5, 0.6) is 0 Å². The summed E-state index contributed by atoms with van der Waals surface area (Å²) in [7, 11) is 0. The molecule has 0 aliphatic carbocycles. The minimum absolute atomic E-state index is 0.0402. The molecule has 11 nitrogen and oxygen atoms in total. The predicted molar refractivity (Wildman–Crippen MR) is 135 cm³/mol. The van der Waals surface area contributed by atoms with Crippen LogP contribution in [0.4, 0.5) is 5.69 Å². The van der Waals surface area contributed by atoms with E-state index in [4.69, 9.17) is 4.98 Å². The van der Waals surface area contributed by atoms with Crippen molar-refractivity contribution in [3.8, 4) is 28.5 Å². The number of nitrogens with zero attached hydrogens (tertiary/aromatic N) is 7.